The molecular formula is C16H19N5O3S. The summed E-state index contributed by atoms with van der Waals surface area (Å²) >= 11 is 0. The third-order valence-corrected chi connectivity index (χ3v) is 4.87. The molecule has 0 saturated carbocycles. The van der Waals surface area contributed by atoms with Gasteiger partial charge in [-0.3, -0.25) is 0 Å². The zero-order valence-corrected chi connectivity index (χ0v) is 14.2. The lowest BCUT2D eigenvalue weighted by molar-refractivity contribution is 0.249. The van der Waals surface area contributed by atoms with E-state index in [0.717, 1.165) is 18.8 Å². The highest BCUT2D eigenvalue weighted by molar-refractivity contribution is 7.89. The highest BCUT2D eigenvalue weighted by atomic mass is 32.2. The van der Waals surface area contributed by atoms with Gasteiger partial charge in [0.1, 0.15) is 5.82 Å². The average molecular weight is 361 g/mol. The van der Waals surface area contributed by atoms with Crippen LogP contribution in [0.25, 0.3) is 0 Å². The molecule has 4 N–H and O–H groups in total. The molecule has 1 fully saturated rings. The second-order valence-corrected chi connectivity index (χ2v) is 7.35. The topological polar surface area (TPSA) is 117 Å². The minimum Gasteiger partial charge on any atom is -0.354 e. The van der Waals surface area contributed by atoms with Gasteiger partial charge in [-0.1, -0.05) is 6.07 Å². The lowest BCUT2D eigenvalue weighted by Gasteiger charge is -2.18. The van der Waals surface area contributed by atoms with Crippen molar-refractivity contribution in [1.82, 2.24) is 10.3 Å². The maximum Gasteiger partial charge on any atom is 0.319 e. The van der Waals surface area contributed by atoms with Crippen LogP contribution in [-0.2, 0) is 10.0 Å². The molecule has 2 aromatic rings. The van der Waals surface area contributed by atoms with E-state index >= 15 is 0 Å². The Bertz CT molecular complexity index is 840. The molecule has 0 radical (unpaired) electrons. The van der Waals surface area contributed by atoms with Gasteiger partial charge in [-0.2, -0.15) is 0 Å². The summed E-state index contributed by atoms with van der Waals surface area (Å²) in [5, 5.41) is 10.6. The Morgan fingerprint density at radius 2 is 1.96 bits per heavy atom. The second kappa shape index (κ2) is 7.08. The van der Waals surface area contributed by atoms with Crippen LogP contribution in [0.5, 0.6) is 0 Å². The zero-order valence-electron chi connectivity index (χ0n) is 13.4. The largest absolute Gasteiger partial charge is 0.354 e. The Morgan fingerprint density at radius 3 is 2.60 bits per heavy atom. The molecule has 2 amide bonds. The molecule has 1 aliphatic heterocycles. The number of pyridine rings is 1. The number of nitrogens with zero attached hydrogens (tertiary/aromatic N) is 2. The van der Waals surface area contributed by atoms with Gasteiger partial charge >= 0.3 is 6.03 Å². The van der Waals surface area contributed by atoms with Crippen LogP contribution in [0.3, 0.4) is 0 Å². The number of nitrogens with one attached hydrogen (secondary N) is 2. The number of sulfonamides is 1. The van der Waals surface area contributed by atoms with Crippen LogP contribution in [0.2, 0.25) is 0 Å². The van der Waals surface area contributed by atoms with E-state index < -0.39 is 10.0 Å². The number of rotatable bonds is 4. The van der Waals surface area contributed by atoms with Crippen LogP contribution in [-0.4, -0.2) is 38.6 Å². The summed E-state index contributed by atoms with van der Waals surface area (Å²) in [5.74, 6) is 0.894. The maximum absolute atomic E-state index is 12.1. The minimum atomic E-state index is -3.74. The molecule has 1 aromatic carbocycles. The number of hydrogen-bond donors (Lipinski definition) is 3. The van der Waals surface area contributed by atoms with Crippen LogP contribution in [0, 0.1) is 0 Å². The number of benzene rings is 1. The zero-order chi connectivity index (χ0) is 17.9. The van der Waals surface area contributed by atoms with Gasteiger partial charge < -0.3 is 15.5 Å². The molecule has 25 heavy (non-hydrogen) atoms. The average Bonchev–Trinajstić information content (AvgIpc) is 3.03. The monoisotopic (exact) mass is 361 g/mol. The summed E-state index contributed by atoms with van der Waals surface area (Å²) < 4.78 is 22.4. The Labute approximate surface area is 146 Å². The summed E-state index contributed by atoms with van der Waals surface area (Å²) in [6.45, 7) is 1.51. The van der Waals surface area contributed by atoms with Crippen molar-refractivity contribution in [2.45, 2.75) is 17.4 Å². The molecule has 8 nitrogen and oxygen atoms in total. The standard InChI is InChI=1S/C16H19N5O3S/c17-25(23,24)14-6-4-12(5-7-14)19-16(22)20-13-8-10-21(11-13)15-3-1-2-9-18-15/h1-7,9,13H,8,10-11H2,(H2,17,23,24)(H2,19,20,22)/t13-/m1/s1. The number of nitrogens with two attached hydrogens (primary N) is 1. The number of amides is 2. The van der Waals surface area contributed by atoms with Crippen molar-refractivity contribution in [2.24, 2.45) is 5.14 Å². The summed E-state index contributed by atoms with van der Waals surface area (Å²) in [5.41, 5.74) is 0.490. The van der Waals surface area contributed by atoms with Crippen molar-refractivity contribution in [3.63, 3.8) is 0 Å². The third-order valence-electron chi connectivity index (χ3n) is 3.94. The number of carbonyl (C=O) groups excluding carboxylic acids is 1. The number of primary sulfonamides is 1. The predicted molar refractivity (Wildman–Crippen MR) is 94.8 cm³/mol. The van der Waals surface area contributed by atoms with Gasteiger partial charge in [0.25, 0.3) is 0 Å². The molecule has 9 heteroatoms. The van der Waals surface area contributed by atoms with Crippen molar-refractivity contribution < 1.29 is 13.2 Å². The fourth-order valence-corrected chi connectivity index (χ4v) is 3.22. The summed E-state index contributed by atoms with van der Waals surface area (Å²) in [4.78, 5) is 18.5. The van der Waals surface area contributed by atoms with E-state index in [9.17, 15) is 13.2 Å². The van der Waals surface area contributed by atoms with Gasteiger partial charge in [0.2, 0.25) is 10.0 Å². The van der Waals surface area contributed by atoms with Gasteiger partial charge in [0, 0.05) is 31.0 Å². The first-order valence-electron chi connectivity index (χ1n) is 7.78. The number of anilines is 2. The van der Waals surface area contributed by atoms with E-state index in [-0.39, 0.29) is 17.0 Å². The van der Waals surface area contributed by atoms with E-state index in [0.29, 0.717) is 12.2 Å². The van der Waals surface area contributed by atoms with Gasteiger partial charge in [-0.15, -0.1) is 0 Å². The Kier molecular flexibility index (Phi) is 4.86. The first-order chi connectivity index (χ1) is 11.9. The number of carbonyl (C=O) groups is 1. The summed E-state index contributed by atoms with van der Waals surface area (Å²) in [6.07, 6.45) is 2.57. The SMILES string of the molecule is NS(=O)(=O)c1ccc(NC(=O)N[C@@H]2CCN(c3ccccn3)C2)cc1. The van der Waals surface area contributed by atoms with Crippen molar-refractivity contribution in [2.75, 3.05) is 23.3 Å². The first-order valence-corrected chi connectivity index (χ1v) is 9.33. The molecule has 0 bridgehead atoms. The quantitative estimate of drug-likeness (QED) is 0.754. The molecule has 1 saturated heterocycles. The fourth-order valence-electron chi connectivity index (χ4n) is 2.71. The first kappa shape index (κ1) is 17.2. The molecular weight excluding hydrogens is 342 g/mol. The number of urea groups is 1. The van der Waals surface area contributed by atoms with Crippen LogP contribution < -0.4 is 20.7 Å². The molecule has 0 aliphatic carbocycles. The summed E-state index contributed by atoms with van der Waals surface area (Å²) in [7, 11) is -3.74. The number of hydrogen-bond acceptors (Lipinski definition) is 5. The normalized spacial score (nSPS) is 17.3. The maximum atomic E-state index is 12.1. The molecule has 132 valence electrons. The predicted octanol–water partition coefficient (Wildman–Crippen LogP) is 1.13. The Hall–Kier alpha value is -2.65. The molecule has 1 atom stereocenters. The number of aromatic nitrogens is 1. The van der Waals surface area contributed by atoms with E-state index in [1.54, 1.807) is 6.20 Å². The van der Waals surface area contributed by atoms with Crippen LogP contribution >= 0.6 is 0 Å². The Balaban J connectivity index is 1.53. The second-order valence-electron chi connectivity index (χ2n) is 5.79. The molecule has 1 aliphatic rings. The molecule has 0 spiro atoms. The fraction of sp³-hybridized carbons (Fsp3) is 0.250. The molecule has 0 unspecified atom stereocenters. The smallest absolute Gasteiger partial charge is 0.319 e. The van der Waals surface area contributed by atoms with Gasteiger partial charge in [-0.25, -0.2) is 23.3 Å². The third kappa shape index (κ3) is 4.46. The van der Waals surface area contributed by atoms with E-state index in [4.69, 9.17) is 5.14 Å². The van der Waals surface area contributed by atoms with Crippen molar-refractivity contribution in [3.8, 4) is 0 Å². The molecule has 2 heterocycles. The highest BCUT2D eigenvalue weighted by Gasteiger charge is 2.24. The van der Waals surface area contributed by atoms with Crippen LogP contribution in [0.1, 0.15) is 6.42 Å². The van der Waals surface area contributed by atoms with E-state index in [1.807, 2.05) is 18.2 Å². The van der Waals surface area contributed by atoms with Crippen LogP contribution in [0.4, 0.5) is 16.3 Å². The van der Waals surface area contributed by atoms with Crippen molar-refractivity contribution >= 4 is 27.6 Å². The summed E-state index contributed by atoms with van der Waals surface area (Å²) in [6, 6.07) is 11.1. The lowest BCUT2D eigenvalue weighted by Crippen LogP contribution is -2.39. The van der Waals surface area contributed by atoms with Gasteiger partial charge in [-0.05, 0) is 42.8 Å². The minimum absolute atomic E-state index is 0.000235. The van der Waals surface area contributed by atoms with Crippen LogP contribution in [0.15, 0.2) is 53.6 Å². The van der Waals surface area contributed by atoms with Crippen molar-refractivity contribution in [1.29, 1.82) is 0 Å². The van der Waals surface area contributed by atoms with Gasteiger partial charge in [0.05, 0.1) is 4.90 Å². The highest BCUT2D eigenvalue weighted by Crippen LogP contribution is 2.17. The van der Waals surface area contributed by atoms with Gasteiger partial charge in [0.15, 0.2) is 0 Å². The van der Waals surface area contributed by atoms with E-state index in [2.05, 4.69) is 20.5 Å². The van der Waals surface area contributed by atoms with Crippen molar-refractivity contribution in [3.05, 3.63) is 48.7 Å². The molecule has 3 rings (SSSR count). The lowest BCUT2D eigenvalue weighted by atomic mass is 10.3. The Morgan fingerprint density at radius 1 is 1.20 bits per heavy atom. The van der Waals surface area contributed by atoms with E-state index in [1.165, 1.54) is 24.3 Å². The molecule has 1 aromatic heterocycles.